The lowest BCUT2D eigenvalue weighted by atomic mass is 10.2. The Morgan fingerprint density at radius 3 is 2.25 bits per heavy atom. The highest BCUT2D eigenvalue weighted by atomic mass is 16.6. The molecule has 1 N–H and O–H groups in total. The average Bonchev–Trinajstić information content (AvgIpc) is 3.25. The van der Waals surface area contributed by atoms with Gasteiger partial charge in [-0.25, -0.2) is 9.78 Å². The quantitative estimate of drug-likeness (QED) is 0.327. The van der Waals surface area contributed by atoms with Crippen molar-refractivity contribution in [3.05, 3.63) is 101 Å². The fourth-order valence-electron chi connectivity index (χ4n) is 3.45. The van der Waals surface area contributed by atoms with E-state index in [2.05, 4.69) is 4.98 Å². The molecule has 0 aliphatic heterocycles. The van der Waals surface area contributed by atoms with Crippen LogP contribution in [0.1, 0.15) is 22.6 Å². The van der Waals surface area contributed by atoms with Gasteiger partial charge in [-0.15, -0.1) is 0 Å². The van der Waals surface area contributed by atoms with Crippen molar-refractivity contribution in [3.63, 3.8) is 0 Å². The van der Waals surface area contributed by atoms with Crippen LogP contribution in [0, 0.1) is 13.8 Å². The van der Waals surface area contributed by atoms with Gasteiger partial charge < -0.3 is 19.0 Å². The second-order valence-electron chi connectivity index (χ2n) is 8.25. The number of carbonyl (C=O) groups excluding carboxylic acids is 1. The van der Waals surface area contributed by atoms with Gasteiger partial charge in [0, 0.05) is 12.1 Å². The molecule has 0 aliphatic rings. The molecular formula is C28H26N2O6. The van der Waals surface area contributed by atoms with Crippen LogP contribution in [0.3, 0.4) is 0 Å². The fraction of sp³-hybridized carbons (Fsp3) is 0.179. The summed E-state index contributed by atoms with van der Waals surface area (Å²) in [7, 11) is 0. The van der Waals surface area contributed by atoms with Crippen LogP contribution in [0.25, 0.3) is 11.5 Å². The van der Waals surface area contributed by atoms with E-state index >= 15 is 0 Å². The Bertz CT molecular complexity index is 1310. The lowest BCUT2D eigenvalue weighted by Crippen LogP contribution is -2.37. The van der Waals surface area contributed by atoms with Crippen LogP contribution in [0.15, 0.2) is 83.3 Å². The molecule has 0 saturated carbocycles. The first-order valence-corrected chi connectivity index (χ1v) is 11.4. The van der Waals surface area contributed by atoms with Gasteiger partial charge in [0.05, 0.1) is 0 Å². The summed E-state index contributed by atoms with van der Waals surface area (Å²) in [6, 6.07) is 23.6. The third-order valence-corrected chi connectivity index (χ3v) is 5.40. The number of hydrogen-bond acceptors (Lipinski definition) is 6. The molecule has 0 aliphatic carbocycles. The number of rotatable bonds is 9. The van der Waals surface area contributed by atoms with Gasteiger partial charge in [0.2, 0.25) is 5.89 Å². The molecule has 8 nitrogen and oxygen atoms in total. The smallest absolute Gasteiger partial charge is 0.416 e. The van der Waals surface area contributed by atoms with Crippen molar-refractivity contribution in [3.8, 4) is 23.0 Å². The average molecular weight is 487 g/mol. The number of carbonyl (C=O) groups is 2. The second kappa shape index (κ2) is 11.2. The van der Waals surface area contributed by atoms with E-state index in [0.717, 1.165) is 21.6 Å². The summed E-state index contributed by atoms with van der Waals surface area (Å²) in [5, 5.41) is 9.25. The Hall–Kier alpha value is -4.59. The van der Waals surface area contributed by atoms with Crippen LogP contribution in [0.5, 0.6) is 11.5 Å². The number of hydrogen-bond donors (Lipinski definition) is 1. The zero-order valence-corrected chi connectivity index (χ0v) is 20.0. The molecule has 1 aromatic heterocycles. The van der Waals surface area contributed by atoms with Crippen molar-refractivity contribution in [2.24, 2.45) is 0 Å². The SMILES string of the molecule is Cc1ccc(OC(=O)N(CC(=O)O)Cc2ccc(OCc3nc(-c4ccccc4)oc3C)cc2)cc1. The van der Waals surface area contributed by atoms with Gasteiger partial charge in [-0.05, 0) is 55.8 Å². The van der Waals surface area contributed by atoms with Crippen molar-refractivity contribution < 1.29 is 28.6 Å². The standard InChI is InChI=1S/C28H26N2O6/c1-19-8-12-24(13-9-19)36-28(33)30(17-26(31)32)16-21-10-14-23(15-11-21)34-18-25-20(2)35-27(29-25)22-6-4-3-5-7-22/h3-15H,16-18H2,1-2H3,(H,31,32). The third-order valence-electron chi connectivity index (χ3n) is 5.40. The molecule has 0 unspecified atom stereocenters. The van der Waals surface area contributed by atoms with Gasteiger partial charge in [0.1, 0.15) is 36.1 Å². The van der Waals surface area contributed by atoms with Crippen LogP contribution in [0.4, 0.5) is 4.79 Å². The summed E-state index contributed by atoms with van der Waals surface area (Å²) in [6.07, 6.45) is -0.739. The molecule has 0 bridgehead atoms. The second-order valence-corrected chi connectivity index (χ2v) is 8.25. The van der Waals surface area contributed by atoms with Crippen LogP contribution < -0.4 is 9.47 Å². The van der Waals surface area contributed by atoms with E-state index in [1.54, 1.807) is 36.4 Å². The molecular weight excluding hydrogens is 460 g/mol. The highest BCUT2D eigenvalue weighted by molar-refractivity contribution is 5.78. The number of ether oxygens (including phenoxy) is 2. The predicted octanol–water partition coefficient (Wildman–Crippen LogP) is 5.62. The van der Waals surface area contributed by atoms with Gasteiger partial charge >= 0.3 is 12.1 Å². The monoisotopic (exact) mass is 486 g/mol. The molecule has 1 amide bonds. The van der Waals surface area contributed by atoms with Gasteiger partial charge in [0.15, 0.2) is 0 Å². The molecule has 0 radical (unpaired) electrons. The molecule has 4 aromatic rings. The summed E-state index contributed by atoms with van der Waals surface area (Å²) < 4.78 is 17.0. The number of aryl methyl sites for hydroxylation is 2. The molecule has 1 heterocycles. The summed E-state index contributed by atoms with van der Waals surface area (Å²) in [6.45, 7) is 3.58. The number of aromatic nitrogens is 1. The minimum absolute atomic E-state index is 0.0695. The predicted molar refractivity (Wildman–Crippen MR) is 133 cm³/mol. The maximum atomic E-state index is 12.6. The Kier molecular flexibility index (Phi) is 7.65. The Morgan fingerprint density at radius 1 is 0.917 bits per heavy atom. The molecule has 0 saturated heterocycles. The lowest BCUT2D eigenvalue weighted by molar-refractivity contribution is -0.138. The van der Waals surface area contributed by atoms with Crippen LogP contribution in [0.2, 0.25) is 0 Å². The van der Waals surface area contributed by atoms with E-state index in [-0.39, 0.29) is 13.2 Å². The van der Waals surface area contributed by atoms with Crippen LogP contribution >= 0.6 is 0 Å². The van der Waals surface area contributed by atoms with Crippen molar-refractivity contribution in [2.45, 2.75) is 27.0 Å². The highest BCUT2D eigenvalue weighted by Crippen LogP contribution is 2.23. The van der Waals surface area contributed by atoms with E-state index in [1.807, 2.05) is 56.3 Å². The maximum Gasteiger partial charge on any atom is 0.416 e. The number of oxazole rings is 1. The van der Waals surface area contributed by atoms with Gasteiger partial charge in [-0.2, -0.15) is 0 Å². The van der Waals surface area contributed by atoms with E-state index in [0.29, 0.717) is 28.8 Å². The van der Waals surface area contributed by atoms with E-state index in [4.69, 9.17) is 13.9 Å². The zero-order chi connectivity index (χ0) is 25.5. The topological polar surface area (TPSA) is 102 Å². The number of benzene rings is 3. The summed E-state index contributed by atoms with van der Waals surface area (Å²) in [5.41, 5.74) is 3.34. The van der Waals surface area contributed by atoms with Gasteiger partial charge in [0.25, 0.3) is 0 Å². The number of amides is 1. The normalized spacial score (nSPS) is 10.6. The zero-order valence-electron chi connectivity index (χ0n) is 20.0. The van der Waals surface area contributed by atoms with Crippen molar-refractivity contribution >= 4 is 12.1 Å². The summed E-state index contributed by atoms with van der Waals surface area (Å²) in [5.74, 6) is 1.05. The van der Waals surface area contributed by atoms with Crippen molar-refractivity contribution in [1.29, 1.82) is 0 Å². The van der Waals surface area contributed by atoms with Gasteiger partial charge in [-0.3, -0.25) is 9.69 Å². The number of nitrogens with zero attached hydrogens (tertiary/aromatic N) is 2. The minimum atomic E-state index is -1.13. The van der Waals surface area contributed by atoms with Crippen LogP contribution in [-0.2, 0) is 17.9 Å². The molecule has 0 fully saturated rings. The molecule has 0 spiro atoms. The third kappa shape index (κ3) is 6.50. The number of carboxylic acid groups (broad SMARTS) is 1. The Labute approximate surface area is 208 Å². The summed E-state index contributed by atoms with van der Waals surface area (Å²) >= 11 is 0. The first-order chi connectivity index (χ1) is 17.4. The first kappa shape index (κ1) is 24.5. The summed E-state index contributed by atoms with van der Waals surface area (Å²) in [4.78, 5) is 29.6. The molecule has 4 rings (SSSR count). The van der Waals surface area contributed by atoms with Gasteiger partial charge in [-0.1, -0.05) is 48.0 Å². The molecule has 36 heavy (non-hydrogen) atoms. The highest BCUT2D eigenvalue weighted by Gasteiger charge is 2.20. The number of carboxylic acids is 1. The molecule has 0 atom stereocenters. The maximum absolute atomic E-state index is 12.6. The van der Waals surface area contributed by atoms with Crippen LogP contribution in [-0.4, -0.2) is 33.6 Å². The Morgan fingerprint density at radius 2 is 1.58 bits per heavy atom. The van der Waals surface area contributed by atoms with E-state index < -0.39 is 18.6 Å². The van der Waals surface area contributed by atoms with E-state index in [1.165, 1.54) is 0 Å². The minimum Gasteiger partial charge on any atom is -0.487 e. The van der Waals surface area contributed by atoms with E-state index in [9.17, 15) is 14.7 Å². The molecule has 3 aromatic carbocycles. The lowest BCUT2D eigenvalue weighted by Gasteiger charge is -2.20. The molecule has 8 heteroatoms. The largest absolute Gasteiger partial charge is 0.487 e. The fourth-order valence-corrected chi connectivity index (χ4v) is 3.45. The van der Waals surface area contributed by atoms with Crippen molar-refractivity contribution in [1.82, 2.24) is 9.88 Å². The number of aliphatic carboxylic acids is 1. The Balaban J connectivity index is 1.37. The van der Waals surface area contributed by atoms with Crippen molar-refractivity contribution in [2.75, 3.05) is 6.54 Å². The first-order valence-electron chi connectivity index (χ1n) is 11.4. The molecule has 184 valence electrons.